The Hall–Kier alpha value is -3.85. The molecule has 174 valence electrons. The van der Waals surface area contributed by atoms with E-state index in [1.165, 1.54) is 19.1 Å². The van der Waals surface area contributed by atoms with Crippen LogP contribution in [-0.2, 0) is 14.3 Å². The maximum Gasteiger partial charge on any atom is 0.338 e. The predicted molar refractivity (Wildman–Crippen MR) is 122 cm³/mol. The molecule has 0 aromatic heterocycles. The van der Waals surface area contributed by atoms with E-state index in [1.54, 1.807) is 62.5 Å². The van der Waals surface area contributed by atoms with E-state index in [0.29, 0.717) is 33.8 Å². The number of benzene rings is 2. The van der Waals surface area contributed by atoms with Gasteiger partial charge in [-0.3, -0.25) is 4.79 Å². The molecule has 33 heavy (non-hydrogen) atoms. The smallest absolute Gasteiger partial charge is 0.338 e. The molecule has 0 saturated heterocycles. The molecule has 1 heterocycles. The van der Waals surface area contributed by atoms with Crippen molar-refractivity contribution in [2.45, 2.75) is 13.0 Å². The highest BCUT2D eigenvalue weighted by Crippen LogP contribution is 2.31. The molecule has 0 bridgehead atoms. The van der Waals surface area contributed by atoms with Crippen molar-refractivity contribution in [2.24, 2.45) is 0 Å². The molecule has 1 unspecified atom stereocenters. The standard InChI is InChI=1S/C24H27N3O6/c1-15-20(23(29)33-14-13-31-3)21(26-24(30)27(15)2)16-9-11-17(12-10-16)25-22(28)18-7-5-6-8-19(18)32-4/h5-12,21H,13-14H2,1-4H3,(H,25,28)(H,26,30). The van der Waals surface area contributed by atoms with Crippen LogP contribution in [0.15, 0.2) is 59.8 Å². The van der Waals surface area contributed by atoms with Crippen LogP contribution in [-0.4, -0.2) is 57.3 Å². The number of anilines is 1. The zero-order valence-electron chi connectivity index (χ0n) is 19.0. The van der Waals surface area contributed by atoms with Gasteiger partial charge in [-0.05, 0) is 36.8 Å². The zero-order valence-corrected chi connectivity index (χ0v) is 19.0. The molecule has 0 radical (unpaired) electrons. The van der Waals surface area contributed by atoms with Gasteiger partial charge in [0.1, 0.15) is 12.4 Å². The second-order valence-electron chi connectivity index (χ2n) is 7.35. The summed E-state index contributed by atoms with van der Waals surface area (Å²) in [6, 6.07) is 12.8. The highest BCUT2D eigenvalue weighted by molar-refractivity contribution is 6.06. The topological polar surface area (TPSA) is 106 Å². The first-order valence-corrected chi connectivity index (χ1v) is 10.3. The van der Waals surface area contributed by atoms with Gasteiger partial charge in [0.25, 0.3) is 5.91 Å². The monoisotopic (exact) mass is 453 g/mol. The number of rotatable bonds is 8. The molecule has 2 N–H and O–H groups in total. The molecule has 0 spiro atoms. The number of methoxy groups -OCH3 is 2. The number of nitrogens with one attached hydrogen (secondary N) is 2. The van der Waals surface area contributed by atoms with Gasteiger partial charge in [-0.15, -0.1) is 0 Å². The molecule has 0 saturated carbocycles. The fraction of sp³-hybridized carbons (Fsp3) is 0.292. The molecule has 0 aliphatic carbocycles. The van der Waals surface area contributed by atoms with Gasteiger partial charge >= 0.3 is 12.0 Å². The lowest BCUT2D eigenvalue weighted by Crippen LogP contribution is -2.46. The van der Waals surface area contributed by atoms with Crippen LogP contribution in [0.25, 0.3) is 0 Å². The molecule has 9 heteroatoms. The van der Waals surface area contributed by atoms with Crippen molar-refractivity contribution in [3.63, 3.8) is 0 Å². The number of nitrogens with zero attached hydrogens (tertiary/aromatic N) is 1. The van der Waals surface area contributed by atoms with Crippen LogP contribution in [0.2, 0.25) is 0 Å². The number of allylic oxidation sites excluding steroid dienone is 1. The Kier molecular flexibility index (Phi) is 7.68. The van der Waals surface area contributed by atoms with Gasteiger partial charge in [0.15, 0.2) is 0 Å². The van der Waals surface area contributed by atoms with Gasteiger partial charge in [-0.1, -0.05) is 24.3 Å². The van der Waals surface area contributed by atoms with E-state index in [2.05, 4.69) is 10.6 Å². The quantitative estimate of drug-likeness (QED) is 0.470. The second-order valence-corrected chi connectivity index (χ2v) is 7.35. The third-order valence-electron chi connectivity index (χ3n) is 5.35. The summed E-state index contributed by atoms with van der Waals surface area (Å²) in [5.74, 6) is -0.376. The number of carbonyl (C=O) groups is 3. The number of hydrogen-bond acceptors (Lipinski definition) is 6. The summed E-state index contributed by atoms with van der Waals surface area (Å²) in [6.45, 7) is 2.07. The van der Waals surface area contributed by atoms with Crippen LogP contribution in [0, 0.1) is 0 Å². The Balaban J connectivity index is 1.82. The second kappa shape index (κ2) is 10.6. The molecule has 2 aromatic carbocycles. The van der Waals surface area contributed by atoms with Crippen LogP contribution in [0.4, 0.5) is 10.5 Å². The van der Waals surface area contributed by atoms with Gasteiger partial charge in [-0.2, -0.15) is 0 Å². The van der Waals surface area contributed by atoms with Gasteiger partial charge in [0.05, 0.1) is 30.9 Å². The Labute approximate surface area is 192 Å². The van der Waals surface area contributed by atoms with Crippen molar-refractivity contribution < 1.29 is 28.6 Å². The maximum absolute atomic E-state index is 12.8. The van der Waals surface area contributed by atoms with Crippen molar-refractivity contribution in [1.82, 2.24) is 10.2 Å². The Bertz CT molecular complexity index is 1060. The Morgan fingerprint density at radius 3 is 2.42 bits per heavy atom. The van der Waals surface area contributed by atoms with E-state index in [4.69, 9.17) is 14.2 Å². The van der Waals surface area contributed by atoms with Gasteiger partial charge < -0.3 is 29.7 Å². The van der Waals surface area contributed by atoms with Crippen LogP contribution in [0.5, 0.6) is 5.75 Å². The van der Waals surface area contributed by atoms with Gasteiger partial charge in [0.2, 0.25) is 0 Å². The number of ether oxygens (including phenoxy) is 3. The summed E-state index contributed by atoms with van der Waals surface area (Å²) in [4.78, 5) is 39.2. The van der Waals surface area contributed by atoms with E-state index in [0.717, 1.165) is 0 Å². The normalized spacial score (nSPS) is 15.7. The average molecular weight is 453 g/mol. The highest BCUT2D eigenvalue weighted by Gasteiger charge is 2.35. The number of carbonyl (C=O) groups excluding carboxylic acids is 3. The number of para-hydroxylation sites is 1. The first kappa shape index (κ1) is 23.8. The summed E-state index contributed by atoms with van der Waals surface area (Å²) in [5.41, 5.74) is 2.47. The van der Waals surface area contributed by atoms with Crippen molar-refractivity contribution >= 4 is 23.6 Å². The average Bonchev–Trinajstić information content (AvgIpc) is 2.82. The lowest BCUT2D eigenvalue weighted by atomic mass is 9.95. The lowest BCUT2D eigenvalue weighted by molar-refractivity contribution is -0.140. The van der Waals surface area contributed by atoms with E-state index < -0.39 is 12.0 Å². The first-order valence-electron chi connectivity index (χ1n) is 10.3. The van der Waals surface area contributed by atoms with Crippen LogP contribution in [0.3, 0.4) is 0 Å². The summed E-state index contributed by atoms with van der Waals surface area (Å²) < 4.78 is 15.5. The minimum Gasteiger partial charge on any atom is -0.496 e. The first-order chi connectivity index (χ1) is 15.9. The van der Waals surface area contributed by atoms with Crippen LogP contribution in [0.1, 0.15) is 28.9 Å². The molecule has 3 amide bonds. The number of hydrogen-bond donors (Lipinski definition) is 2. The Morgan fingerprint density at radius 2 is 1.76 bits per heavy atom. The molecule has 1 atom stereocenters. The van der Waals surface area contributed by atoms with Gasteiger partial charge in [-0.25, -0.2) is 9.59 Å². The third kappa shape index (κ3) is 5.32. The van der Waals surface area contributed by atoms with Crippen LogP contribution >= 0.6 is 0 Å². The molecule has 0 fully saturated rings. The zero-order chi connectivity index (χ0) is 24.0. The van der Waals surface area contributed by atoms with E-state index >= 15 is 0 Å². The molecule has 1 aliphatic rings. The number of amides is 3. The van der Waals surface area contributed by atoms with Gasteiger partial charge in [0, 0.05) is 25.5 Å². The highest BCUT2D eigenvalue weighted by atomic mass is 16.6. The summed E-state index contributed by atoms with van der Waals surface area (Å²) in [7, 11) is 4.61. The molecule has 3 rings (SSSR count). The van der Waals surface area contributed by atoms with Crippen molar-refractivity contribution in [3.05, 3.63) is 70.9 Å². The number of esters is 1. The largest absolute Gasteiger partial charge is 0.496 e. The van der Waals surface area contributed by atoms with E-state index in [1.807, 2.05) is 0 Å². The minimum atomic E-state index is -0.692. The summed E-state index contributed by atoms with van der Waals surface area (Å²) in [6.07, 6.45) is 0. The Morgan fingerprint density at radius 1 is 1.06 bits per heavy atom. The molecule has 1 aliphatic heterocycles. The number of urea groups is 1. The predicted octanol–water partition coefficient (Wildman–Crippen LogP) is 3.11. The summed E-state index contributed by atoms with van der Waals surface area (Å²) >= 11 is 0. The van der Waals surface area contributed by atoms with Crippen molar-refractivity contribution in [2.75, 3.05) is 39.8 Å². The van der Waals surface area contributed by atoms with Crippen molar-refractivity contribution in [1.29, 1.82) is 0 Å². The van der Waals surface area contributed by atoms with Crippen LogP contribution < -0.4 is 15.4 Å². The third-order valence-corrected chi connectivity index (χ3v) is 5.35. The molecule has 9 nitrogen and oxygen atoms in total. The summed E-state index contributed by atoms with van der Waals surface area (Å²) in [5, 5.41) is 5.65. The maximum atomic E-state index is 12.8. The van der Waals surface area contributed by atoms with E-state index in [-0.39, 0.29) is 25.2 Å². The molecular formula is C24H27N3O6. The molecule has 2 aromatic rings. The minimum absolute atomic E-state index is 0.102. The lowest BCUT2D eigenvalue weighted by Gasteiger charge is -2.33. The SMILES string of the molecule is COCCOC(=O)C1=C(C)N(C)C(=O)NC1c1ccc(NC(=O)c2ccccc2OC)cc1. The fourth-order valence-corrected chi connectivity index (χ4v) is 3.43. The van der Waals surface area contributed by atoms with Crippen molar-refractivity contribution in [3.8, 4) is 5.75 Å². The fourth-order valence-electron chi connectivity index (χ4n) is 3.43. The molecular weight excluding hydrogens is 426 g/mol. The van der Waals surface area contributed by atoms with E-state index in [9.17, 15) is 14.4 Å².